The molecule has 2 aromatic heterocycles. The Bertz CT molecular complexity index is 1110. The van der Waals surface area contributed by atoms with E-state index in [-0.39, 0.29) is 32.1 Å². The van der Waals surface area contributed by atoms with Crippen LogP contribution in [0.2, 0.25) is 10.0 Å². The maximum absolute atomic E-state index is 13.1. The fourth-order valence-corrected chi connectivity index (χ4v) is 3.10. The fraction of sp³-hybridized carbons (Fsp3) is 0.133. The predicted octanol–water partition coefficient (Wildman–Crippen LogP) is 4.06. The van der Waals surface area contributed by atoms with Crippen molar-refractivity contribution < 1.29 is 21.6 Å². The van der Waals surface area contributed by atoms with Gasteiger partial charge in [-0.25, -0.2) is 18.4 Å². The maximum atomic E-state index is 13.1. The molecular formula is C15H9Cl2F3N4O2S. The van der Waals surface area contributed by atoms with E-state index >= 15 is 0 Å². The second kappa shape index (κ2) is 6.77. The molecule has 27 heavy (non-hydrogen) atoms. The highest BCUT2D eigenvalue weighted by Crippen LogP contribution is 2.35. The predicted molar refractivity (Wildman–Crippen MR) is 92.7 cm³/mol. The smallest absolute Gasteiger partial charge is 0.236 e. The van der Waals surface area contributed by atoms with E-state index in [4.69, 9.17) is 23.2 Å². The molecule has 0 aliphatic rings. The highest BCUT2D eigenvalue weighted by molar-refractivity contribution is 7.90. The van der Waals surface area contributed by atoms with Gasteiger partial charge in [-0.2, -0.15) is 17.9 Å². The van der Waals surface area contributed by atoms with Crippen LogP contribution in [0.25, 0.3) is 17.2 Å². The third-order valence-corrected chi connectivity index (χ3v) is 5.34. The van der Waals surface area contributed by atoms with E-state index in [0.29, 0.717) is 0 Å². The van der Waals surface area contributed by atoms with Gasteiger partial charge in [0.15, 0.2) is 21.5 Å². The van der Waals surface area contributed by atoms with Gasteiger partial charge in [0.2, 0.25) is 0 Å². The fourth-order valence-electron chi connectivity index (χ4n) is 2.16. The molecule has 0 saturated heterocycles. The van der Waals surface area contributed by atoms with Crippen LogP contribution in [0.1, 0.15) is 5.82 Å². The van der Waals surface area contributed by atoms with Gasteiger partial charge in [0.1, 0.15) is 0 Å². The summed E-state index contributed by atoms with van der Waals surface area (Å²) in [5, 5.41) is 3.58. The first kappa shape index (κ1) is 19.6. The van der Waals surface area contributed by atoms with Crippen molar-refractivity contribution in [1.29, 1.82) is 0 Å². The van der Waals surface area contributed by atoms with Crippen molar-refractivity contribution in [2.75, 3.05) is 6.26 Å². The van der Waals surface area contributed by atoms with E-state index in [1.54, 1.807) is 0 Å². The van der Waals surface area contributed by atoms with Crippen molar-refractivity contribution in [3.05, 3.63) is 52.4 Å². The molecule has 0 N–H and O–H groups in total. The Morgan fingerprint density at radius 2 is 1.81 bits per heavy atom. The molecule has 0 saturated carbocycles. The van der Waals surface area contributed by atoms with Crippen LogP contribution in [0.3, 0.4) is 0 Å². The number of hydrogen-bond donors (Lipinski definition) is 0. The molecule has 0 aliphatic carbocycles. The van der Waals surface area contributed by atoms with Gasteiger partial charge in [-0.1, -0.05) is 29.3 Å². The average Bonchev–Trinajstić information content (AvgIpc) is 3.02. The van der Waals surface area contributed by atoms with Crippen LogP contribution in [0, 0.1) is 0 Å². The summed E-state index contributed by atoms with van der Waals surface area (Å²) in [5.74, 6) is -1.71. The summed E-state index contributed by atoms with van der Waals surface area (Å²) in [6, 6.07) is 6.82. The molecule has 0 spiro atoms. The van der Waals surface area contributed by atoms with Crippen LogP contribution >= 0.6 is 23.2 Å². The number of halogens is 5. The molecule has 0 unspecified atom stereocenters. The summed E-state index contributed by atoms with van der Waals surface area (Å²) in [6.07, 6.45) is -2.81. The number of rotatable bonds is 3. The van der Waals surface area contributed by atoms with Crippen molar-refractivity contribution >= 4 is 33.0 Å². The molecular weight excluding hydrogens is 428 g/mol. The Morgan fingerprint density at radius 3 is 2.37 bits per heavy atom. The van der Waals surface area contributed by atoms with Gasteiger partial charge in [0.25, 0.3) is 5.82 Å². The van der Waals surface area contributed by atoms with Gasteiger partial charge in [-0.3, -0.25) is 0 Å². The molecule has 0 fully saturated rings. The van der Waals surface area contributed by atoms with Crippen molar-refractivity contribution in [2.45, 2.75) is 11.1 Å². The van der Waals surface area contributed by atoms with Gasteiger partial charge in [-0.05, 0) is 24.3 Å². The van der Waals surface area contributed by atoms with Crippen molar-refractivity contribution in [2.24, 2.45) is 0 Å². The summed E-state index contributed by atoms with van der Waals surface area (Å²) in [4.78, 5) is 7.32. The first-order valence-corrected chi connectivity index (χ1v) is 9.78. The Morgan fingerprint density at radius 1 is 1.11 bits per heavy atom. The second-order valence-electron chi connectivity index (χ2n) is 5.39. The standard InChI is InChI=1S/C15H9Cl2F3N4O2S/c1-27(25,26)8-5-6-11(21-7-8)24-13(22-14(23-24)15(18,19)20)9-3-2-4-10(16)12(9)17/h2-7H,1H3. The van der Waals surface area contributed by atoms with Crippen molar-refractivity contribution in [1.82, 2.24) is 19.7 Å². The van der Waals surface area contributed by atoms with Crippen molar-refractivity contribution in [3.63, 3.8) is 0 Å². The summed E-state index contributed by atoms with van der Waals surface area (Å²) in [6.45, 7) is 0. The molecule has 12 heteroatoms. The van der Waals surface area contributed by atoms with Crippen LogP contribution in [0.15, 0.2) is 41.4 Å². The Kier molecular flexibility index (Phi) is 4.91. The van der Waals surface area contributed by atoms with Gasteiger partial charge in [0.05, 0.1) is 14.9 Å². The molecule has 3 aromatic rings. The Balaban J connectivity index is 2.23. The third-order valence-electron chi connectivity index (χ3n) is 3.42. The monoisotopic (exact) mass is 436 g/mol. The van der Waals surface area contributed by atoms with Crippen LogP contribution in [0.4, 0.5) is 13.2 Å². The summed E-state index contributed by atoms with van der Waals surface area (Å²) in [5.41, 5.74) is 0.112. The maximum Gasteiger partial charge on any atom is 0.453 e. The molecule has 2 heterocycles. The lowest BCUT2D eigenvalue weighted by molar-refractivity contribution is -0.144. The zero-order valence-corrected chi connectivity index (χ0v) is 15.7. The number of sulfone groups is 1. The van der Waals surface area contributed by atoms with E-state index in [1.807, 2.05) is 0 Å². The number of benzene rings is 1. The first-order chi connectivity index (χ1) is 12.5. The lowest BCUT2D eigenvalue weighted by Crippen LogP contribution is -2.09. The van der Waals surface area contributed by atoms with E-state index in [2.05, 4.69) is 15.1 Å². The summed E-state index contributed by atoms with van der Waals surface area (Å²) in [7, 11) is -3.52. The lowest BCUT2D eigenvalue weighted by atomic mass is 10.2. The molecule has 0 aliphatic heterocycles. The zero-order chi connectivity index (χ0) is 20.0. The van der Waals surface area contributed by atoms with Crippen molar-refractivity contribution in [3.8, 4) is 17.2 Å². The normalized spacial score (nSPS) is 12.4. The van der Waals surface area contributed by atoms with E-state index in [0.717, 1.165) is 17.1 Å². The topological polar surface area (TPSA) is 77.7 Å². The summed E-state index contributed by atoms with van der Waals surface area (Å²) >= 11 is 12.0. The second-order valence-corrected chi connectivity index (χ2v) is 8.20. The SMILES string of the molecule is CS(=O)(=O)c1ccc(-n2nc(C(F)(F)F)nc2-c2cccc(Cl)c2Cl)nc1. The summed E-state index contributed by atoms with van der Waals surface area (Å²) < 4.78 is 63.2. The molecule has 0 atom stereocenters. The minimum Gasteiger partial charge on any atom is -0.236 e. The van der Waals surface area contributed by atoms with Crippen LogP contribution in [-0.4, -0.2) is 34.4 Å². The highest BCUT2D eigenvalue weighted by atomic mass is 35.5. The first-order valence-electron chi connectivity index (χ1n) is 7.13. The minimum atomic E-state index is -4.81. The number of aromatic nitrogens is 4. The third kappa shape index (κ3) is 3.92. The number of nitrogens with zero attached hydrogens (tertiary/aromatic N) is 4. The molecule has 1 aromatic carbocycles. The zero-order valence-electron chi connectivity index (χ0n) is 13.4. The Labute approximate surface area is 161 Å². The quantitative estimate of drug-likeness (QED) is 0.618. The molecule has 142 valence electrons. The number of hydrogen-bond acceptors (Lipinski definition) is 5. The van der Waals surface area contributed by atoms with Crippen LogP contribution < -0.4 is 0 Å². The van der Waals surface area contributed by atoms with E-state index in [9.17, 15) is 21.6 Å². The highest BCUT2D eigenvalue weighted by Gasteiger charge is 2.38. The van der Waals surface area contributed by atoms with Crippen LogP contribution in [-0.2, 0) is 16.0 Å². The van der Waals surface area contributed by atoms with Crippen LogP contribution in [0.5, 0.6) is 0 Å². The number of alkyl halides is 3. The molecule has 0 amide bonds. The Hall–Kier alpha value is -2.17. The molecule has 0 radical (unpaired) electrons. The molecule has 3 rings (SSSR count). The van der Waals surface area contributed by atoms with Gasteiger partial charge in [-0.15, -0.1) is 5.10 Å². The van der Waals surface area contributed by atoms with E-state index in [1.165, 1.54) is 30.3 Å². The van der Waals surface area contributed by atoms with Gasteiger partial charge >= 0.3 is 6.18 Å². The molecule has 0 bridgehead atoms. The minimum absolute atomic E-state index is 0.00528. The van der Waals surface area contributed by atoms with Gasteiger partial charge in [0, 0.05) is 18.0 Å². The number of pyridine rings is 1. The molecule has 6 nitrogen and oxygen atoms in total. The van der Waals surface area contributed by atoms with Gasteiger partial charge < -0.3 is 0 Å². The van der Waals surface area contributed by atoms with E-state index < -0.39 is 21.8 Å². The lowest BCUT2D eigenvalue weighted by Gasteiger charge is -2.08. The average molecular weight is 437 g/mol. The largest absolute Gasteiger partial charge is 0.453 e.